The molecule has 6 heteroatoms. The van der Waals surface area contributed by atoms with Crippen LogP contribution in [0.3, 0.4) is 0 Å². The number of rotatable bonds is 5. The highest BCUT2D eigenvalue weighted by atomic mass is 32.2. The molecule has 0 aliphatic carbocycles. The second-order valence-corrected chi connectivity index (χ2v) is 12.1. The highest BCUT2D eigenvalue weighted by Crippen LogP contribution is 2.20. The van der Waals surface area contributed by atoms with Crippen LogP contribution in [0.2, 0.25) is 0 Å². The third kappa shape index (κ3) is 9.42. The summed E-state index contributed by atoms with van der Waals surface area (Å²) >= 11 is 0. The molecule has 0 aliphatic heterocycles. The molecule has 0 saturated carbocycles. The van der Waals surface area contributed by atoms with E-state index in [9.17, 15) is 17.8 Å². The third-order valence-corrected chi connectivity index (χ3v) is 7.52. The smallest absolute Gasteiger partial charge is 0.187 e. The molecule has 1 aromatic carbocycles. The predicted molar refractivity (Wildman–Crippen MR) is 106 cm³/mol. The van der Waals surface area contributed by atoms with Gasteiger partial charge in [0.15, 0.2) is 11.5 Å². The Labute approximate surface area is 156 Å². The monoisotopic (exact) mass is 388 g/mol. The second-order valence-electron chi connectivity index (χ2n) is 7.65. The molecule has 0 spiro atoms. The highest BCUT2D eigenvalue weighted by molar-refractivity contribution is 7.98. The summed E-state index contributed by atoms with van der Waals surface area (Å²) < 4.78 is 31.2. The molecule has 4 nitrogen and oxygen atoms in total. The van der Waals surface area contributed by atoms with Crippen molar-refractivity contribution in [2.75, 3.05) is 5.75 Å². The number of carbonyl (C=O) groups excluding carboxylic acids is 1. The quantitative estimate of drug-likeness (QED) is 0.566. The lowest BCUT2D eigenvalue weighted by Gasteiger charge is -2.20. The molecule has 144 valence electrons. The van der Waals surface area contributed by atoms with Crippen LogP contribution in [0.5, 0.6) is 0 Å². The molecule has 1 rings (SSSR count). The van der Waals surface area contributed by atoms with Crippen LogP contribution in [-0.4, -0.2) is 35.0 Å². The van der Waals surface area contributed by atoms with E-state index in [1.54, 1.807) is 12.1 Å². The lowest BCUT2D eigenvalue weighted by Crippen LogP contribution is -2.36. The van der Waals surface area contributed by atoms with E-state index in [1.807, 2.05) is 27.7 Å². The molecular formula is C19H32O4S2. The van der Waals surface area contributed by atoms with Crippen molar-refractivity contribution >= 4 is 26.8 Å². The van der Waals surface area contributed by atoms with E-state index in [1.165, 1.54) is 12.1 Å². The first-order valence-electron chi connectivity index (χ1n) is 8.40. The molecule has 0 unspecified atom stereocenters. The van der Waals surface area contributed by atoms with Gasteiger partial charge in [-0.05, 0) is 57.6 Å². The standard InChI is InChI=1S/C12H25OS.C7H8O3S/c1-9(2)14(10(3)4)8-11(13)12(5,6)7;1-6-2-4-7(5-3-6)11(8,9)10/h9-10H,8H2,1-7H3;2-5H,1H3,(H,8,9,10)/q+1;/p-1. The van der Waals surface area contributed by atoms with E-state index in [-0.39, 0.29) is 21.2 Å². The lowest BCUT2D eigenvalue weighted by molar-refractivity contribution is -0.123. The fourth-order valence-electron chi connectivity index (χ4n) is 1.95. The Morgan fingerprint density at radius 3 is 1.72 bits per heavy atom. The maximum absolute atomic E-state index is 11.9. The van der Waals surface area contributed by atoms with E-state index >= 15 is 0 Å². The first kappa shape index (κ1) is 24.1. The molecule has 1 aromatic rings. The zero-order valence-corrected chi connectivity index (χ0v) is 18.3. The van der Waals surface area contributed by atoms with Crippen molar-refractivity contribution < 1.29 is 17.8 Å². The van der Waals surface area contributed by atoms with E-state index in [0.717, 1.165) is 11.3 Å². The largest absolute Gasteiger partial charge is 0.744 e. The van der Waals surface area contributed by atoms with Crippen molar-refractivity contribution in [2.45, 2.75) is 70.8 Å². The lowest BCUT2D eigenvalue weighted by atomic mass is 9.92. The van der Waals surface area contributed by atoms with Crippen molar-refractivity contribution in [3.8, 4) is 0 Å². The molecule has 0 radical (unpaired) electrons. The van der Waals surface area contributed by atoms with Gasteiger partial charge in [0.2, 0.25) is 0 Å². The molecule has 0 fully saturated rings. The van der Waals surface area contributed by atoms with Crippen LogP contribution in [0.4, 0.5) is 0 Å². The minimum Gasteiger partial charge on any atom is -0.744 e. The predicted octanol–water partition coefficient (Wildman–Crippen LogP) is 3.94. The van der Waals surface area contributed by atoms with Crippen LogP contribution >= 0.6 is 0 Å². The maximum Gasteiger partial charge on any atom is 0.187 e. The fourth-order valence-corrected chi connectivity index (χ4v) is 4.91. The SMILES string of the molecule is CC(C)[S+](CC(=O)C(C)(C)C)C(C)C.Cc1ccc(S(=O)(=O)[O-])cc1. The first-order chi connectivity index (χ1) is 11.2. The molecule has 0 N–H and O–H groups in total. The number of ketones is 1. The molecule has 0 heterocycles. The van der Waals surface area contributed by atoms with Crippen LogP contribution in [-0.2, 0) is 25.8 Å². The van der Waals surface area contributed by atoms with E-state index in [0.29, 0.717) is 16.3 Å². The summed E-state index contributed by atoms with van der Waals surface area (Å²) in [6, 6.07) is 5.78. The molecular weight excluding hydrogens is 356 g/mol. The zero-order chi connectivity index (χ0) is 20.0. The Hall–Kier alpha value is -0.850. The van der Waals surface area contributed by atoms with Gasteiger partial charge in [0.05, 0.1) is 4.90 Å². The summed E-state index contributed by atoms with van der Waals surface area (Å²) in [7, 11) is -4.02. The number of Topliss-reactive ketones (excluding diaryl/α,β-unsaturated/α-hetero) is 1. The molecule has 0 atom stereocenters. The Morgan fingerprint density at radius 1 is 1.04 bits per heavy atom. The summed E-state index contributed by atoms with van der Waals surface area (Å²) in [6.45, 7) is 16.7. The van der Waals surface area contributed by atoms with E-state index in [2.05, 4.69) is 27.7 Å². The summed E-state index contributed by atoms with van der Waals surface area (Å²) in [5, 5.41) is 1.25. The summed E-state index contributed by atoms with van der Waals surface area (Å²) in [6.07, 6.45) is 0. The fraction of sp³-hybridized carbons (Fsp3) is 0.632. The van der Waals surface area contributed by atoms with Crippen molar-refractivity contribution in [3.05, 3.63) is 29.8 Å². The van der Waals surface area contributed by atoms with Gasteiger partial charge in [-0.2, -0.15) is 0 Å². The molecule has 0 saturated heterocycles. The Kier molecular flexibility index (Phi) is 9.41. The van der Waals surface area contributed by atoms with Crippen molar-refractivity contribution in [1.82, 2.24) is 0 Å². The Morgan fingerprint density at radius 2 is 1.44 bits per heavy atom. The number of hydrogen-bond acceptors (Lipinski definition) is 4. The van der Waals surface area contributed by atoms with Gasteiger partial charge < -0.3 is 4.55 Å². The van der Waals surface area contributed by atoms with Gasteiger partial charge in [-0.15, -0.1) is 0 Å². The van der Waals surface area contributed by atoms with Crippen molar-refractivity contribution in [2.24, 2.45) is 5.41 Å². The average Bonchev–Trinajstić information content (AvgIpc) is 2.42. The van der Waals surface area contributed by atoms with Gasteiger partial charge in [-0.1, -0.05) is 38.5 Å². The van der Waals surface area contributed by atoms with Crippen LogP contribution in [0.25, 0.3) is 0 Å². The summed E-state index contributed by atoms with van der Waals surface area (Å²) in [4.78, 5) is 11.7. The van der Waals surface area contributed by atoms with E-state index < -0.39 is 10.1 Å². The van der Waals surface area contributed by atoms with E-state index in [4.69, 9.17) is 0 Å². The average molecular weight is 389 g/mol. The second kappa shape index (κ2) is 9.74. The first-order valence-corrected chi connectivity index (χ1v) is 11.3. The van der Waals surface area contributed by atoms with Gasteiger partial charge >= 0.3 is 0 Å². The number of benzene rings is 1. The molecule has 25 heavy (non-hydrogen) atoms. The molecule has 0 aromatic heterocycles. The zero-order valence-electron chi connectivity index (χ0n) is 16.6. The Bertz CT molecular complexity index is 631. The van der Waals surface area contributed by atoms with Gasteiger partial charge in [0.25, 0.3) is 0 Å². The van der Waals surface area contributed by atoms with Gasteiger partial charge in [-0.3, -0.25) is 4.79 Å². The van der Waals surface area contributed by atoms with Gasteiger partial charge in [0, 0.05) is 5.41 Å². The maximum atomic E-state index is 11.9. The molecule has 0 aliphatic rings. The van der Waals surface area contributed by atoms with Gasteiger partial charge in [-0.25, -0.2) is 8.42 Å². The van der Waals surface area contributed by atoms with Crippen LogP contribution in [0.1, 0.15) is 54.0 Å². The molecule has 0 amide bonds. The third-order valence-electron chi connectivity index (χ3n) is 3.65. The van der Waals surface area contributed by atoms with Crippen molar-refractivity contribution in [1.29, 1.82) is 0 Å². The van der Waals surface area contributed by atoms with Crippen molar-refractivity contribution in [3.63, 3.8) is 0 Å². The topological polar surface area (TPSA) is 74.3 Å². The Balaban J connectivity index is 0.000000472. The highest BCUT2D eigenvalue weighted by Gasteiger charge is 2.34. The van der Waals surface area contributed by atoms with Crippen LogP contribution in [0, 0.1) is 12.3 Å². The summed E-state index contributed by atoms with van der Waals surface area (Å²) in [5.41, 5.74) is 0.757. The van der Waals surface area contributed by atoms with Gasteiger partial charge in [0.1, 0.15) is 20.6 Å². The number of carbonyl (C=O) groups is 1. The summed E-state index contributed by atoms with van der Waals surface area (Å²) in [5.74, 6) is 1.17. The van der Waals surface area contributed by atoms with Crippen LogP contribution < -0.4 is 0 Å². The minimum absolute atomic E-state index is 0.172. The molecule has 0 bridgehead atoms. The van der Waals surface area contributed by atoms with Crippen LogP contribution in [0.15, 0.2) is 29.2 Å². The number of hydrogen-bond donors (Lipinski definition) is 0. The normalized spacial score (nSPS) is 12.3. The minimum atomic E-state index is -4.27. The number of aryl methyl sites for hydroxylation is 1.